The molecule has 1 aliphatic heterocycles. The minimum Gasteiger partial charge on any atom is -0.496 e. The molecule has 0 aliphatic carbocycles. The number of nitrogens with one attached hydrogen (secondary N) is 2. The first-order valence-corrected chi connectivity index (χ1v) is 10.3. The number of fused-ring (bicyclic) bond motifs is 1. The van der Waals surface area contributed by atoms with Crippen LogP contribution in [-0.4, -0.2) is 51.1 Å². The number of hydrogen-bond acceptors (Lipinski definition) is 6. The van der Waals surface area contributed by atoms with E-state index in [4.69, 9.17) is 16.3 Å². The van der Waals surface area contributed by atoms with Crippen molar-refractivity contribution >= 4 is 28.6 Å². The summed E-state index contributed by atoms with van der Waals surface area (Å²) in [6.07, 6.45) is 3.14. The van der Waals surface area contributed by atoms with Crippen LogP contribution in [-0.2, 0) is 0 Å². The molecule has 1 unspecified atom stereocenters. The van der Waals surface area contributed by atoms with E-state index in [1.54, 1.807) is 13.4 Å². The normalized spacial score (nSPS) is 16.2. The Bertz CT molecular complexity index is 1030. The maximum atomic E-state index is 6.66. The van der Waals surface area contributed by atoms with Gasteiger partial charge in [-0.3, -0.25) is 4.90 Å². The largest absolute Gasteiger partial charge is 0.496 e. The predicted molar refractivity (Wildman–Crippen MR) is 116 cm³/mol. The Morgan fingerprint density at radius 3 is 2.69 bits per heavy atom. The summed E-state index contributed by atoms with van der Waals surface area (Å²) in [6.45, 7) is 10.7. The smallest absolute Gasteiger partial charge is 0.162 e. The molecular formula is C21H27ClN6O. The van der Waals surface area contributed by atoms with E-state index in [0.29, 0.717) is 28.9 Å². The third-order valence-electron chi connectivity index (χ3n) is 5.84. The summed E-state index contributed by atoms with van der Waals surface area (Å²) in [6, 6.07) is 2.47. The number of rotatable bonds is 6. The van der Waals surface area contributed by atoms with Crippen molar-refractivity contribution in [2.24, 2.45) is 0 Å². The molecular weight excluding hydrogens is 388 g/mol. The summed E-state index contributed by atoms with van der Waals surface area (Å²) in [5.41, 5.74) is 4.75. The minimum absolute atomic E-state index is 0.0714. The van der Waals surface area contributed by atoms with E-state index < -0.39 is 0 Å². The van der Waals surface area contributed by atoms with Gasteiger partial charge < -0.3 is 15.0 Å². The average molecular weight is 415 g/mol. The fraction of sp³-hybridized carbons (Fsp3) is 0.476. The lowest BCUT2D eigenvalue weighted by atomic mass is 9.84. The molecule has 1 saturated heterocycles. The van der Waals surface area contributed by atoms with Crippen molar-refractivity contribution < 1.29 is 4.74 Å². The molecule has 0 saturated carbocycles. The third-order valence-corrected chi connectivity index (χ3v) is 6.23. The number of anilines is 1. The van der Waals surface area contributed by atoms with E-state index in [1.807, 2.05) is 6.07 Å². The Kier molecular flexibility index (Phi) is 5.36. The van der Waals surface area contributed by atoms with Gasteiger partial charge in [0.2, 0.25) is 0 Å². The molecule has 8 heteroatoms. The molecule has 1 fully saturated rings. The lowest BCUT2D eigenvalue weighted by molar-refractivity contribution is 0.108. The molecule has 4 rings (SSSR count). The van der Waals surface area contributed by atoms with Crippen molar-refractivity contribution in [3.63, 3.8) is 0 Å². The van der Waals surface area contributed by atoms with Crippen molar-refractivity contribution in [2.75, 3.05) is 25.5 Å². The lowest BCUT2D eigenvalue weighted by Crippen LogP contribution is -2.48. The van der Waals surface area contributed by atoms with E-state index in [-0.39, 0.29) is 6.04 Å². The van der Waals surface area contributed by atoms with Crippen molar-refractivity contribution in [1.29, 1.82) is 0 Å². The Morgan fingerprint density at radius 2 is 2.00 bits per heavy atom. The fourth-order valence-corrected chi connectivity index (χ4v) is 4.30. The second kappa shape index (κ2) is 7.80. The number of benzene rings is 1. The van der Waals surface area contributed by atoms with Gasteiger partial charge in [-0.25, -0.2) is 15.0 Å². The number of methoxy groups -OCH3 is 1. The van der Waals surface area contributed by atoms with E-state index in [9.17, 15) is 0 Å². The molecule has 29 heavy (non-hydrogen) atoms. The highest BCUT2D eigenvalue weighted by Crippen LogP contribution is 2.43. The van der Waals surface area contributed by atoms with E-state index >= 15 is 0 Å². The number of halogens is 1. The van der Waals surface area contributed by atoms with Crippen LogP contribution in [0.3, 0.4) is 0 Å². The molecule has 1 aromatic carbocycles. The average Bonchev–Trinajstić information content (AvgIpc) is 3.13. The first-order chi connectivity index (χ1) is 13.9. The minimum atomic E-state index is -0.0714. The monoisotopic (exact) mass is 414 g/mol. The molecule has 3 aromatic rings. The van der Waals surface area contributed by atoms with Crippen molar-refractivity contribution in [3.05, 3.63) is 40.4 Å². The highest BCUT2D eigenvalue weighted by atomic mass is 35.5. The summed E-state index contributed by atoms with van der Waals surface area (Å²) >= 11 is 6.66. The zero-order chi connectivity index (χ0) is 20.7. The highest BCUT2D eigenvalue weighted by Gasteiger charge is 2.34. The summed E-state index contributed by atoms with van der Waals surface area (Å²) < 4.78 is 5.92. The van der Waals surface area contributed by atoms with Gasteiger partial charge in [-0.2, -0.15) is 0 Å². The number of aromatic nitrogens is 4. The van der Waals surface area contributed by atoms with E-state index in [0.717, 1.165) is 35.0 Å². The molecule has 3 heterocycles. The zero-order valence-corrected chi connectivity index (χ0v) is 18.2. The van der Waals surface area contributed by atoms with Crippen LogP contribution in [0.25, 0.3) is 11.2 Å². The molecule has 0 spiro atoms. The second-order valence-corrected chi connectivity index (χ2v) is 8.36. The Hall–Kier alpha value is -2.38. The molecule has 2 aromatic heterocycles. The SMILES string of the molecule is COc1c(C(C)Nc2ncnc3[nH]cnc23)cc(Cl)c(C)c1C1CN(C(C)C)C1. The Balaban J connectivity index is 1.69. The maximum absolute atomic E-state index is 6.66. The van der Waals surface area contributed by atoms with Gasteiger partial charge in [-0.1, -0.05) is 11.6 Å². The maximum Gasteiger partial charge on any atom is 0.162 e. The number of hydrogen-bond donors (Lipinski definition) is 2. The summed E-state index contributed by atoms with van der Waals surface area (Å²) in [4.78, 5) is 18.4. The number of nitrogens with zero attached hydrogens (tertiary/aromatic N) is 4. The Labute approximate surface area is 175 Å². The first kappa shape index (κ1) is 19.9. The fourth-order valence-electron chi connectivity index (χ4n) is 4.08. The Morgan fingerprint density at radius 1 is 1.24 bits per heavy atom. The molecule has 2 N–H and O–H groups in total. The molecule has 7 nitrogen and oxygen atoms in total. The number of ether oxygens (including phenoxy) is 1. The van der Waals surface area contributed by atoms with Gasteiger partial charge in [0.15, 0.2) is 11.5 Å². The number of aromatic amines is 1. The molecule has 1 aliphatic rings. The van der Waals surface area contributed by atoms with Crippen LogP contribution in [0.1, 0.15) is 49.4 Å². The van der Waals surface area contributed by atoms with Crippen LogP contribution in [0.4, 0.5) is 5.82 Å². The zero-order valence-electron chi connectivity index (χ0n) is 17.5. The van der Waals surface area contributed by atoms with Crippen molar-refractivity contribution in [2.45, 2.75) is 45.7 Å². The number of imidazole rings is 1. The molecule has 0 radical (unpaired) electrons. The summed E-state index contributed by atoms with van der Waals surface area (Å²) in [5, 5.41) is 4.22. The van der Waals surface area contributed by atoms with Gasteiger partial charge in [0, 0.05) is 41.2 Å². The topological polar surface area (TPSA) is 79.0 Å². The van der Waals surface area contributed by atoms with Gasteiger partial charge in [0.25, 0.3) is 0 Å². The molecule has 1 atom stereocenters. The second-order valence-electron chi connectivity index (χ2n) is 7.95. The summed E-state index contributed by atoms with van der Waals surface area (Å²) in [7, 11) is 1.73. The van der Waals surface area contributed by atoms with Crippen LogP contribution in [0, 0.1) is 6.92 Å². The molecule has 0 bridgehead atoms. The summed E-state index contributed by atoms with van der Waals surface area (Å²) in [5.74, 6) is 2.01. The third kappa shape index (κ3) is 3.53. The standard InChI is InChI=1S/C21H27ClN6O/c1-11(2)28-7-14(8-28)17-12(3)16(22)6-15(19(17)29-5)13(4)27-21-18-20(24-9-23-18)25-10-26-21/h6,9-11,13-14H,7-8H2,1-5H3,(H2,23,24,25,26,27). The number of likely N-dealkylation sites (tertiary alicyclic amines) is 1. The molecule has 154 valence electrons. The lowest BCUT2D eigenvalue weighted by Gasteiger charge is -2.43. The van der Waals surface area contributed by atoms with Crippen LogP contribution in [0.5, 0.6) is 5.75 Å². The van der Waals surface area contributed by atoms with Crippen LogP contribution in [0.2, 0.25) is 5.02 Å². The quantitative estimate of drug-likeness (QED) is 0.625. The van der Waals surface area contributed by atoms with Gasteiger partial charge in [-0.05, 0) is 39.3 Å². The van der Waals surface area contributed by atoms with Crippen molar-refractivity contribution in [3.8, 4) is 5.75 Å². The van der Waals surface area contributed by atoms with Gasteiger partial charge in [-0.15, -0.1) is 0 Å². The predicted octanol–water partition coefficient (Wildman–Crippen LogP) is 4.30. The van der Waals surface area contributed by atoms with Crippen LogP contribution < -0.4 is 10.1 Å². The van der Waals surface area contributed by atoms with Gasteiger partial charge in [0.1, 0.15) is 17.6 Å². The van der Waals surface area contributed by atoms with E-state index in [1.165, 1.54) is 11.9 Å². The van der Waals surface area contributed by atoms with Crippen LogP contribution >= 0.6 is 11.6 Å². The van der Waals surface area contributed by atoms with Crippen LogP contribution in [0.15, 0.2) is 18.7 Å². The van der Waals surface area contributed by atoms with Gasteiger partial charge in [0.05, 0.1) is 19.5 Å². The number of H-pyrrole nitrogens is 1. The van der Waals surface area contributed by atoms with E-state index in [2.05, 4.69) is 57.8 Å². The molecule has 0 amide bonds. The first-order valence-electron chi connectivity index (χ1n) is 9.92. The van der Waals surface area contributed by atoms with Crippen molar-refractivity contribution in [1.82, 2.24) is 24.8 Å². The van der Waals surface area contributed by atoms with Gasteiger partial charge >= 0.3 is 0 Å². The highest BCUT2D eigenvalue weighted by molar-refractivity contribution is 6.31.